The van der Waals surface area contributed by atoms with Gasteiger partial charge in [-0.15, -0.1) is 24.8 Å². The zero-order valence-electron chi connectivity index (χ0n) is 17.5. The summed E-state index contributed by atoms with van der Waals surface area (Å²) in [6.07, 6.45) is 3.00. The normalized spacial score (nSPS) is 19.0. The van der Waals surface area contributed by atoms with Gasteiger partial charge >= 0.3 is 0 Å². The molecule has 2 unspecified atom stereocenters. The molecule has 1 aromatic heterocycles. The van der Waals surface area contributed by atoms with Gasteiger partial charge in [-0.1, -0.05) is 35.9 Å². The van der Waals surface area contributed by atoms with Crippen molar-refractivity contribution in [2.45, 2.75) is 44.1 Å². The Balaban J connectivity index is 0.00000181. The van der Waals surface area contributed by atoms with Crippen molar-refractivity contribution in [3.8, 4) is 5.88 Å². The lowest BCUT2D eigenvalue weighted by Crippen LogP contribution is -2.49. The van der Waals surface area contributed by atoms with Crippen LogP contribution in [0.1, 0.15) is 34.3 Å². The minimum Gasteiger partial charge on any atom is -0.474 e. The summed E-state index contributed by atoms with van der Waals surface area (Å²) in [6.45, 7) is 2.13. The zero-order chi connectivity index (χ0) is 20.9. The molecule has 0 radical (unpaired) electrons. The molecule has 0 aliphatic carbocycles. The number of carbonyl (C=O) groups excluding carboxylic acids is 1. The van der Waals surface area contributed by atoms with E-state index in [0.29, 0.717) is 32.1 Å². The number of hydrogen-bond donors (Lipinski definition) is 3. The Morgan fingerprint density at radius 3 is 2.75 bits per heavy atom. The molecule has 2 atom stereocenters. The number of rotatable bonds is 6. The molecule has 1 amide bonds. The minimum absolute atomic E-state index is 0. The fourth-order valence-electron chi connectivity index (χ4n) is 3.81. The second kappa shape index (κ2) is 12.6. The lowest BCUT2D eigenvalue weighted by atomic mass is 9.93. The Morgan fingerprint density at radius 1 is 1.28 bits per heavy atom. The molecule has 32 heavy (non-hydrogen) atoms. The van der Waals surface area contributed by atoms with E-state index in [1.54, 1.807) is 6.07 Å². The Bertz CT molecular complexity index is 896. The second-order valence-electron chi connectivity index (χ2n) is 7.67. The number of aromatic nitrogens is 1. The lowest BCUT2D eigenvalue weighted by molar-refractivity contribution is 0.0237. The molecule has 1 aromatic carbocycles. The van der Waals surface area contributed by atoms with Gasteiger partial charge in [0.15, 0.2) is 0 Å². The van der Waals surface area contributed by atoms with Crippen LogP contribution >= 0.6 is 36.4 Å². The summed E-state index contributed by atoms with van der Waals surface area (Å²) in [5.74, 6) is -0.00274. The van der Waals surface area contributed by atoms with Crippen molar-refractivity contribution in [3.63, 3.8) is 0 Å². The van der Waals surface area contributed by atoms with Crippen LogP contribution in [0.25, 0.3) is 0 Å². The van der Waals surface area contributed by atoms with Crippen LogP contribution in [-0.2, 0) is 17.7 Å². The molecule has 3 heterocycles. The van der Waals surface area contributed by atoms with E-state index in [9.17, 15) is 9.90 Å². The van der Waals surface area contributed by atoms with E-state index in [0.717, 1.165) is 12.8 Å². The number of carbonyl (C=O) groups is 1. The first-order valence-electron chi connectivity index (χ1n) is 10.3. The Morgan fingerprint density at radius 2 is 2.00 bits per heavy atom. The molecule has 10 heteroatoms. The van der Waals surface area contributed by atoms with Crippen LogP contribution in [-0.4, -0.2) is 54.0 Å². The first kappa shape index (κ1) is 26.6. The molecule has 2 aliphatic rings. The molecule has 3 N–H and O–H groups in total. The number of nitrogens with one attached hydrogen (secondary N) is 2. The largest absolute Gasteiger partial charge is 0.474 e. The number of benzene rings is 1. The van der Waals surface area contributed by atoms with Gasteiger partial charge in [0.1, 0.15) is 6.10 Å². The topological polar surface area (TPSA) is 92.7 Å². The number of amides is 1. The third-order valence-corrected chi connectivity index (χ3v) is 5.88. The second-order valence-corrected chi connectivity index (χ2v) is 8.08. The van der Waals surface area contributed by atoms with Crippen LogP contribution < -0.4 is 15.4 Å². The van der Waals surface area contributed by atoms with Crippen LogP contribution in [0.5, 0.6) is 5.88 Å². The minimum atomic E-state index is -0.721. The zero-order valence-corrected chi connectivity index (χ0v) is 19.8. The van der Waals surface area contributed by atoms with Gasteiger partial charge in [0, 0.05) is 38.0 Å². The monoisotopic (exact) mass is 503 g/mol. The highest BCUT2D eigenvalue weighted by molar-refractivity contribution is 6.33. The number of ether oxygens (including phenoxy) is 2. The quantitative estimate of drug-likeness (QED) is 0.560. The number of pyridine rings is 1. The number of aliphatic hydroxyl groups excluding tert-OH is 1. The van der Waals surface area contributed by atoms with E-state index in [2.05, 4.69) is 27.8 Å². The van der Waals surface area contributed by atoms with Gasteiger partial charge in [0.2, 0.25) is 5.88 Å². The third-order valence-electron chi connectivity index (χ3n) is 5.58. The van der Waals surface area contributed by atoms with Crippen molar-refractivity contribution < 1.29 is 19.4 Å². The summed E-state index contributed by atoms with van der Waals surface area (Å²) in [5, 5.41) is 16.9. The fourth-order valence-corrected chi connectivity index (χ4v) is 4.00. The molecular formula is C22H28Cl3N3O4. The van der Waals surface area contributed by atoms with E-state index in [1.807, 2.05) is 12.1 Å². The fraction of sp³-hybridized carbons (Fsp3) is 0.455. The van der Waals surface area contributed by atoms with Crippen LogP contribution in [0.15, 0.2) is 36.5 Å². The number of nitrogens with zero attached hydrogens (tertiary/aromatic N) is 1. The van der Waals surface area contributed by atoms with E-state index in [1.165, 1.54) is 17.3 Å². The van der Waals surface area contributed by atoms with E-state index < -0.39 is 6.10 Å². The van der Waals surface area contributed by atoms with Crippen LogP contribution in [0.3, 0.4) is 0 Å². The summed E-state index contributed by atoms with van der Waals surface area (Å²) >= 11 is 6.18. The smallest absolute Gasteiger partial charge is 0.253 e. The van der Waals surface area contributed by atoms with Crippen molar-refractivity contribution in [1.29, 1.82) is 0 Å². The van der Waals surface area contributed by atoms with Crippen LogP contribution in [0.4, 0.5) is 0 Å². The highest BCUT2D eigenvalue weighted by atomic mass is 35.5. The molecule has 0 saturated carbocycles. The molecule has 1 saturated heterocycles. The van der Waals surface area contributed by atoms with Gasteiger partial charge in [-0.25, -0.2) is 4.98 Å². The average Bonchev–Trinajstić information content (AvgIpc) is 2.79. The van der Waals surface area contributed by atoms with Gasteiger partial charge in [0.25, 0.3) is 5.91 Å². The molecule has 2 aliphatic heterocycles. The predicted octanol–water partition coefficient (Wildman–Crippen LogP) is 2.94. The predicted molar refractivity (Wildman–Crippen MR) is 127 cm³/mol. The first-order valence-corrected chi connectivity index (χ1v) is 10.6. The molecule has 1 fully saturated rings. The Hall–Kier alpha value is -1.61. The maximum Gasteiger partial charge on any atom is 0.253 e. The SMILES string of the molecule is Cl.Cl.O=C(NCC(O)C1Cc2ccccc2CN1)c1cc(OC2CCOCC2)ncc1Cl. The van der Waals surface area contributed by atoms with E-state index in [4.69, 9.17) is 21.1 Å². The highest BCUT2D eigenvalue weighted by Gasteiger charge is 2.25. The number of hydrogen-bond acceptors (Lipinski definition) is 6. The third kappa shape index (κ3) is 6.70. The molecule has 0 bridgehead atoms. The molecule has 176 valence electrons. The van der Waals surface area contributed by atoms with Crippen molar-refractivity contribution in [3.05, 3.63) is 58.2 Å². The van der Waals surface area contributed by atoms with E-state index >= 15 is 0 Å². The summed E-state index contributed by atoms with van der Waals surface area (Å²) < 4.78 is 11.2. The molecular weight excluding hydrogens is 477 g/mol. The van der Waals surface area contributed by atoms with Gasteiger partial charge in [0.05, 0.1) is 36.1 Å². The maximum absolute atomic E-state index is 12.7. The molecule has 2 aromatic rings. The van der Waals surface area contributed by atoms with Gasteiger partial charge in [-0.2, -0.15) is 0 Å². The highest BCUT2D eigenvalue weighted by Crippen LogP contribution is 2.22. The van der Waals surface area contributed by atoms with Crippen LogP contribution in [0.2, 0.25) is 5.02 Å². The first-order chi connectivity index (χ1) is 14.6. The number of fused-ring (bicyclic) bond motifs is 1. The van der Waals surface area contributed by atoms with Crippen molar-refractivity contribution in [2.24, 2.45) is 0 Å². The van der Waals surface area contributed by atoms with Crippen molar-refractivity contribution in [1.82, 2.24) is 15.6 Å². The number of aliphatic hydroxyl groups is 1. The number of halogens is 3. The lowest BCUT2D eigenvalue weighted by Gasteiger charge is -2.30. The van der Waals surface area contributed by atoms with E-state index in [-0.39, 0.29) is 60.0 Å². The molecule has 0 spiro atoms. The Labute approximate surface area is 205 Å². The summed E-state index contributed by atoms with van der Waals surface area (Å²) in [7, 11) is 0. The molecule has 7 nitrogen and oxygen atoms in total. The van der Waals surface area contributed by atoms with Crippen molar-refractivity contribution in [2.75, 3.05) is 19.8 Å². The Kier molecular flexibility index (Phi) is 10.5. The van der Waals surface area contributed by atoms with Gasteiger partial charge in [-0.05, 0) is 17.5 Å². The van der Waals surface area contributed by atoms with Gasteiger partial charge < -0.3 is 25.2 Å². The standard InChI is InChI=1S/C22H26ClN3O4.2ClH/c23-18-12-25-21(30-16-5-7-29-8-6-16)10-17(18)22(28)26-13-20(27)19-9-14-3-1-2-4-15(14)11-24-19;;/h1-4,10,12,16,19-20,24,27H,5-9,11,13H2,(H,26,28);2*1H. The molecule has 4 rings (SSSR count). The maximum atomic E-state index is 12.7. The van der Waals surface area contributed by atoms with Gasteiger partial charge in [-0.3, -0.25) is 4.79 Å². The summed E-state index contributed by atoms with van der Waals surface area (Å²) in [4.78, 5) is 16.8. The summed E-state index contributed by atoms with van der Waals surface area (Å²) in [5.41, 5.74) is 2.74. The van der Waals surface area contributed by atoms with Crippen molar-refractivity contribution >= 4 is 42.3 Å². The average molecular weight is 505 g/mol. The van der Waals surface area contributed by atoms with Crippen LogP contribution in [0, 0.1) is 0 Å². The summed E-state index contributed by atoms with van der Waals surface area (Å²) in [6, 6.07) is 9.59.